The van der Waals surface area contributed by atoms with Gasteiger partial charge in [-0.3, -0.25) is 0 Å². The molecule has 1 nitrogen and oxygen atoms in total. The largest absolute Gasteiger partial charge is 0.327 e. The normalized spacial score (nSPS) is 32.1. The SMILES string of the molecule is CC[C@H](N)C1CCC(C(C)C)CC1. The summed E-state index contributed by atoms with van der Waals surface area (Å²) in [6.07, 6.45) is 6.72. The van der Waals surface area contributed by atoms with E-state index >= 15 is 0 Å². The van der Waals surface area contributed by atoms with Crippen LogP contribution in [0.2, 0.25) is 0 Å². The number of hydrogen-bond acceptors (Lipinski definition) is 1. The van der Waals surface area contributed by atoms with Gasteiger partial charge in [-0.1, -0.05) is 20.8 Å². The molecule has 1 aliphatic rings. The third kappa shape index (κ3) is 2.98. The van der Waals surface area contributed by atoms with E-state index in [0.29, 0.717) is 6.04 Å². The first-order valence-electron chi connectivity index (χ1n) is 5.90. The van der Waals surface area contributed by atoms with Crippen molar-refractivity contribution in [3.05, 3.63) is 0 Å². The van der Waals surface area contributed by atoms with Crippen LogP contribution in [0.15, 0.2) is 0 Å². The molecule has 0 saturated heterocycles. The van der Waals surface area contributed by atoms with Gasteiger partial charge in [-0.15, -0.1) is 0 Å². The molecule has 1 heteroatoms. The Labute approximate surface area is 83.1 Å². The molecule has 0 aromatic carbocycles. The summed E-state index contributed by atoms with van der Waals surface area (Å²) in [5, 5.41) is 0. The van der Waals surface area contributed by atoms with E-state index in [-0.39, 0.29) is 0 Å². The lowest BCUT2D eigenvalue weighted by molar-refractivity contribution is 0.201. The van der Waals surface area contributed by atoms with Gasteiger partial charge in [0.2, 0.25) is 0 Å². The van der Waals surface area contributed by atoms with Crippen LogP contribution in [0.3, 0.4) is 0 Å². The summed E-state index contributed by atoms with van der Waals surface area (Å²) in [6.45, 7) is 6.91. The lowest BCUT2D eigenvalue weighted by atomic mass is 9.74. The maximum atomic E-state index is 6.07. The summed E-state index contributed by atoms with van der Waals surface area (Å²) in [7, 11) is 0. The predicted octanol–water partition coefficient (Wildman–Crippen LogP) is 3.19. The van der Waals surface area contributed by atoms with Crippen LogP contribution in [-0.2, 0) is 0 Å². The van der Waals surface area contributed by atoms with Gasteiger partial charge < -0.3 is 5.73 Å². The van der Waals surface area contributed by atoms with Crippen molar-refractivity contribution in [3.8, 4) is 0 Å². The van der Waals surface area contributed by atoms with Gasteiger partial charge in [0.05, 0.1) is 0 Å². The topological polar surface area (TPSA) is 26.0 Å². The van der Waals surface area contributed by atoms with E-state index in [4.69, 9.17) is 5.73 Å². The standard InChI is InChI=1S/C12H25N/c1-4-12(13)11-7-5-10(6-8-11)9(2)3/h9-12H,4-8,13H2,1-3H3/t10?,11?,12-/m0/s1. The molecular formula is C12H25N. The lowest BCUT2D eigenvalue weighted by Gasteiger charge is -2.33. The molecule has 1 atom stereocenters. The van der Waals surface area contributed by atoms with Crippen molar-refractivity contribution < 1.29 is 0 Å². The molecule has 1 fully saturated rings. The van der Waals surface area contributed by atoms with Crippen LogP contribution in [0.25, 0.3) is 0 Å². The first-order chi connectivity index (χ1) is 6.15. The summed E-state index contributed by atoms with van der Waals surface area (Å²) < 4.78 is 0. The smallest absolute Gasteiger partial charge is 0.00645 e. The molecule has 0 aliphatic heterocycles. The molecule has 1 aliphatic carbocycles. The van der Waals surface area contributed by atoms with E-state index < -0.39 is 0 Å². The number of hydrogen-bond donors (Lipinski definition) is 1. The summed E-state index contributed by atoms with van der Waals surface area (Å²) >= 11 is 0. The Morgan fingerprint density at radius 1 is 1.08 bits per heavy atom. The Balaban J connectivity index is 2.30. The van der Waals surface area contributed by atoms with Crippen LogP contribution in [0, 0.1) is 17.8 Å². The highest BCUT2D eigenvalue weighted by atomic mass is 14.6. The van der Waals surface area contributed by atoms with Gasteiger partial charge in [0.1, 0.15) is 0 Å². The molecule has 0 aromatic heterocycles. The van der Waals surface area contributed by atoms with Crippen molar-refractivity contribution in [2.24, 2.45) is 23.5 Å². The third-order valence-corrected chi connectivity index (χ3v) is 3.84. The number of rotatable bonds is 3. The molecule has 13 heavy (non-hydrogen) atoms. The molecule has 1 rings (SSSR count). The van der Waals surface area contributed by atoms with Gasteiger partial charge in [0.25, 0.3) is 0 Å². The molecular weight excluding hydrogens is 158 g/mol. The van der Waals surface area contributed by atoms with Gasteiger partial charge in [-0.2, -0.15) is 0 Å². The van der Waals surface area contributed by atoms with Crippen LogP contribution < -0.4 is 5.73 Å². The molecule has 0 heterocycles. The first kappa shape index (κ1) is 11.0. The Hall–Kier alpha value is -0.0400. The van der Waals surface area contributed by atoms with Crippen LogP contribution >= 0.6 is 0 Å². The third-order valence-electron chi connectivity index (χ3n) is 3.84. The van der Waals surface area contributed by atoms with Gasteiger partial charge in [-0.25, -0.2) is 0 Å². The van der Waals surface area contributed by atoms with Crippen molar-refractivity contribution in [1.82, 2.24) is 0 Å². The molecule has 0 amide bonds. The second-order valence-electron chi connectivity index (χ2n) is 4.99. The highest BCUT2D eigenvalue weighted by Crippen LogP contribution is 2.34. The summed E-state index contributed by atoms with van der Waals surface area (Å²) in [5.74, 6) is 2.67. The molecule has 1 saturated carbocycles. The van der Waals surface area contributed by atoms with E-state index in [1.807, 2.05) is 0 Å². The molecule has 0 unspecified atom stereocenters. The van der Waals surface area contributed by atoms with Crippen molar-refractivity contribution in [2.75, 3.05) is 0 Å². The molecule has 78 valence electrons. The van der Waals surface area contributed by atoms with Gasteiger partial charge in [-0.05, 0) is 49.9 Å². The van der Waals surface area contributed by atoms with Crippen LogP contribution in [0.5, 0.6) is 0 Å². The van der Waals surface area contributed by atoms with Crippen LogP contribution in [0.1, 0.15) is 52.9 Å². The van der Waals surface area contributed by atoms with Crippen molar-refractivity contribution in [3.63, 3.8) is 0 Å². The van der Waals surface area contributed by atoms with Crippen molar-refractivity contribution in [1.29, 1.82) is 0 Å². The Morgan fingerprint density at radius 3 is 1.92 bits per heavy atom. The van der Waals surface area contributed by atoms with E-state index in [0.717, 1.165) is 24.2 Å². The predicted molar refractivity (Wildman–Crippen MR) is 58.6 cm³/mol. The first-order valence-corrected chi connectivity index (χ1v) is 5.90. The zero-order valence-corrected chi connectivity index (χ0v) is 9.42. The highest BCUT2D eigenvalue weighted by molar-refractivity contribution is 4.80. The maximum Gasteiger partial charge on any atom is 0.00645 e. The lowest BCUT2D eigenvalue weighted by Crippen LogP contribution is -2.33. The molecule has 0 spiro atoms. The van der Waals surface area contributed by atoms with E-state index in [1.54, 1.807) is 0 Å². The molecule has 0 radical (unpaired) electrons. The average molecular weight is 183 g/mol. The minimum atomic E-state index is 0.466. The quantitative estimate of drug-likeness (QED) is 0.714. The highest BCUT2D eigenvalue weighted by Gasteiger charge is 2.25. The minimum Gasteiger partial charge on any atom is -0.327 e. The fourth-order valence-electron chi connectivity index (χ4n) is 2.57. The Kier molecular flexibility index (Phi) is 4.24. The fraction of sp³-hybridized carbons (Fsp3) is 1.00. The van der Waals surface area contributed by atoms with Crippen molar-refractivity contribution >= 4 is 0 Å². The zero-order valence-electron chi connectivity index (χ0n) is 9.42. The average Bonchev–Trinajstić information content (AvgIpc) is 2.17. The fourth-order valence-corrected chi connectivity index (χ4v) is 2.57. The minimum absolute atomic E-state index is 0.466. The maximum absolute atomic E-state index is 6.07. The van der Waals surface area contributed by atoms with E-state index in [1.165, 1.54) is 25.7 Å². The molecule has 0 bridgehead atoms. The summed E-state index contributed by atoms with van der Waals surface area (Å²) in [5.41, 5.74) is 6.07. The van der Waals surface area contributed by atoms with Gasteiger partial charge in [0, 0.05) is 6.04 Å². The summed E-state index contributed by atoms with van der Waals surface area (Å²) in [4.78, 5) is 0. The van der Waals surface area contributed by atoms with Crippen molar-refractivity contribution in [2.45, 2.75) is 58.9 Å². The Bertz CT molecular complexity index is 134. The summed E-state index contributed by atoms with van der Waals surface area (Å²) in [6, 6.07) is 0.466. The van der Waals surface area contributed by atoms with Gasteiger partial charge >= 0.3 is 0 Å². The van der Waals surface area contributed by atoms with Crippen LogP contribution in [-0.4, -0.2) is 6.04 Å². The monoisotopic (exact) mass is 183 g/mol. The molecule has 2 N–H and O–H groups in total. The molecule has 0 aromatic rings. The second-order valence-corrected chi connectivity index (χ2v) is 4.99. The van der Waals surface area contributed by atoms with Crippen LogP contribution in [0.4, 0.5) is 0 Å². The number of nitrogens with two attached hydrogens (primary N) is 1. The zero-order chi connectivity index (χ0) is 9.84. The van der Waals surface area contributed by atoms with E-state index in [2.05, 4.69) is 20.8 Å². The Morgan fingerprint density at radius 2 is 1.54 bits per heavy atom. The van der Waals surface area contributed by atoms with Gasteiger partial charge in [0.15, 0.2) is 0 Å². The second kappa shape index (κ2) is 4.99. The van der Waals surface area contributed by atoms with E-state index in [9.17, 15) is 0 Å².